The quantitative estimate of drug-likeness (QED) is 0.410. The zero-order valence-electron chi connectivity index (χ0n) is 16.2. The third-order valence-corrected chi connectivity index (χ3v) is 5.66. The van der Waals surface area contributed by atoms with Gasteiger partial charge >= 0.3 is 0 Å². The topological polar surface area (TPSA) is 39.7 Å². The average molecular weight is 526 g/mol. The van der Waals surface area contributed by atoms with Crippen molar-refractivity contribution in [1.29, 1.82) is 0 Å². The Balaban J connectivity index is 0.00000300. The molecule has 1 aliphatic heterocycles. The number of benzene rings is 2. The van der Waals surface area contributed by atoms with Gasteiger partial charge in [-0.15, -0.1) is 12.4 Å². The van der Waals surface area contributed by atoms with E-state index < -0.39 is 0 Å². The minimum atomic E-state index is 0. The van der Waals surface area contributed by atoms with Gasteiger partial charge in [0.05, 0.1) is 17.2 Å². The van der Waals surface area contributed by atoms with Crippen LogP contribution in [-0.4, -0.2) is 25.9 Å². The Kier molecular flexibility index (Phi) is 10.4. The lowest BCUT2D eigenvalue weighted by Crippen LogP contribution is -2.25. The lowest BCUT2D eigenvalue weighted by Gasteiger charge is -2.17. The normalized spacial score (nSPS) is 15.8. The third kappa shape index (κ3) is 7.20. The van der Waals surface area contributed by atoms with Crippen LogP contribution in [0.1, 0.15) is 30.9 Å². The standard InChI is InChI=1S/C21H24BrCl2NO3.ClH/c1-2-26-20-9-14(11-25-12-17-4-3-7-27-17)8-18(22)21(20)28-13-15-5-6-16(23)10-19(15)24;/h5-6,8-10,17,25H,2-4,7,11-13H2,1H3;1H. The first-order valence-corrected chi connectivity index (χ1v) is 11.0. The van der Waals surface area contributed by atoms with Crippen LogP contribution in [0.3, 0.4) is 0 Å². The Morgan fingerprint density at radius 2 is 2.03 bits per heavy atom. The molecule has 1 aliphatic rings. The van der Waals surface area contributed by atoms with Gasteiger partial charge in [0, 0.05) is 35.3 Å². The molecule has 29 heavy (non-hydrogen) atoms. The van der Waals surface area contributed by atoms with Crippen molar-refractivity contribution < 1.29 is 14.2 Å². The first-order valence-electron chi connectivity index (χ1n) is 9.41. The molecule has 0 aromatic heterocycles. The van der Waals surface area contributed by atoms with Gasteiger partial charge in [0.15, 0.2) is 11.5 Å². The van der Waals surface area contributed by atoms with Crippen LogP contribution in [0.5, 0.6) is 11.5 Å². The highest BCUT2D eigenvalue weighted by molar-refractivity contribution is 9.10. The molecule has 0 aliphatic carbocycles. The lowest BCUT2D eigenvalue weighted by atomic mass is 10.2. The molecule has 4 nitrogen and oxygen atoms in total. The van der Waals surface area contributed by atoms with Gasteiger partial charge in [-0.2, -0.15) is 0 Å². The van der Waals surface area contributed by atoms with Crippen LogP contribution in [0, 0.1) is 0 Å². The van der Waals surface area contributed by atoms with Crippen LogP contribution in [0.4, 0.5) is 0 Å². The van der Waals surface area contributed by atoms with Crippen LogP contribution < -0.4 is 14.8 Å². The van der Waals surface area contributed by atoms with Crippen molar-refractivity contribution in [3.8, 4) is 11.5 Å². The molecular weight excluding hydrogens is 500 g/mol. The summed E-state index contributed by atoms with van der Waals surface area (Å²) >= 11 is 15.8. The highest BCUT2D eigenvalue weighted by Crippen LogP contribution is 2.38. The van der Waals surface area contributed by atoms with Gasteiger partial charge in [0.1, 0.15) is 6.61 Å². The van der Waals surface area contributed by atoms with Gasteiger partial charge in [-0.25, -0.2) is 0 Å². The summed E-state index contributed by atoms with van der Waals surface area (Å²) in [5, 5.41) is 4.64. The van der Waals surface area contributed by atoms with Gasteiger partial charge in [0.2, 0.25) is 0 Å². The maximum atomic E-state index is 6.25. The molecule has 1 heterocycles. The molecule has 0 amide bonds. The molecule has 2 aromatic rings. The number of hydrogen-bond donors (Lipinski definition) is 1. The van der Waals surface area contributed by atoms with Gasteiger partial charge < -0.3 is 19.5 Å². The van der Waals surface area contributed by atoms with Crippen LogP contribution in [-0.2, 0) is 17.9 Å². The third-order valence-electron chi connectivity index (χ3n) is 4.48. The highest BCUT2D eigenvalue weighted by atomic mass is 79.9. The van der Waals surface area contributed by atoms with Crippen molar-refractivity contribution in [1.82, 2.24) is 5.32 Å². The van der Waals surface area contributed by atoms with E-state index in [1.807, 2.05) is 25.1 Å². The summed E-state index contributed by atoms with van der Waals surface area (Å²) < 4.78 is 18.3. The van der Waals surface area contributed by atoms with E-state index in [2.05, 4.69) is 21.2 Å². The minimum Gasteiger partial charge on any atom is -0.490 e. The second-order valence-corrected chi connectivity index (χ2v) is 8.33. The monoisotopic (exact) mass is 523 g/mol. The summed E-state index contributed by atoms with van der Waals surface area (Å²) in [6.45, 7) is 5.30. The second-order valence-electron chi connectivity index (χ2n) is 6.63. The fraction of sp³-hybridized carbons (Fsp3) is 0.429. The number of ether oxygens (including phenoxy) is 3. The summed E-state index contributed by atoms with van der Waals surface area (Å²) in [6.07, 6.45) is 2.60. The predicted octanol–water partition coefficient (Wildman–Crippen LogP) is 6.42. The largest absolute Gasteiger partial charge is 0.490 e. The van der Waals surface area contributed by atoms with Gasteiger partial charge in [-0.05, 0) is 65.5 Å². The highest BCUT2D eigenvalue weighted by Gasteiger charge is 2.16. The number of hydrogen-bond acceptors (Lipinski definition) is 4. The minimum absolute atomic E-state index is 0. The number of nitrogens with one attached hydrogen (secondary N) is 1. The van der Waals surface area contributed by atoms with Gasteiger partial charge in [0.25, 0.3) is 0 Å². The van der Waals surface area contributed by atoms with Crippen molar-refractivity contribution in [2.45, 2.75) is 39.0 Å². The van der Waals surface area contributed by atoms with E-state index in [1.165, 1.54) is 0 Å². The van der Waals surface area contributed by atoms with E-state index in [1.54, 1.807) is 12.1 Å². The van der Waals surface area contributed by atoms with E-state index in [9.17, 15) is 0 Å². The Hall–Kier alpha value is -0.690. The first-order chi connectivity index (χ1) is 13.6. The molecule has 1 saturated heterocycles. The van der Waals surface area contributed by atoms with Crippen LogP contribution in [0.25, 0.3) is 0 Å². The molecule has 0 saturated carbocycles. The zero-order valence-corrected chi connectivity index (χ0v) is 20.1. The molecule has 160 valence electrons. The first kappa shape index (κ1) is 24.6. The summed E-state index contributed by atoms with van der Waals surface area (Å²) in [7, 11) is 0. The fourth-order valence-electron chi connectivity index (χ4n) is 3.10. The number of halogens is 4. The summed E-state index contributed by atoms with van der Waals surface area (Å²) in [6, 6.07) is 9.43. The number of rotatable bonds is 9. The SMILES string of the molecule is CCOc1cc(CNCC2CCCO2)cc(Br)c1OCc1ccc(Cl)cc1Cl.Cl. The summed E-state index contributed by atoms with van der Waals surface area (Å²) in [5.74, 6) is 1.37. The van der Waals surface area contributed by atoms with Gasteiger partial charge in [-0.1, -0.05) is 29.3 Å². The van der Waals surface area contributed by atoms with Gasteiger partial charge in [-0.3, -0.25) is 0 Å². The second kappa shape index (κ2) is 12.2. The summed E-state index contributed by atoms with van der Waals surface area (Å²) in [4.78, 5) is 0. The van der Waals surface area contributed by atoms with E-state index in [0.717, 1.165) is 48.1 Å². The van der Waals surface area contributed by atoms with Crippen molar-refractivity contribution in [3.63, 3.8) is 0 Å². The van der Waals surface area contributed by atoms with Crippen molar-refractivity contribution in [2.75, 3.05) is 19.8 Å². The summed E-state index contributed by atoms with van der Waals surface area (Å²) in [5.41, 5.74) is 1.98. The molecule has 0 radical (unpaired) electrons. The fourth-order valence-corrected chi connectivity index (χ4v) is 4.16. The Labute approximate surface area is 196 Å². The Morgan fingerprint density at radius 3 is 2.72 bits per heavy atom. The maximum absolute atomic E-state index is 6.25. The van der Waals surface area contributed by atoms with E-state index >= 15 is 0 Å². The molecule has 2 aromatic carbocycles. The van der Waals surface area contributed by atoms with Crippen molar-refractivity contribution in [2.24, 2.45) is 0 Å². The molecule has 1 N–H and O–H groups in total. The van der Waals surface area contributed by atoms with E-state index in [0.29, 0.717) is 40.9 Å². The lowest BCUT2D eigenvalue weighted by molar-refractivity contribution is 0.110. The molecule has 3 rings (SSSR count). The van der Waals surface area contributed by atoms with Crippen LogP contribution in [0.15, 0.2) is 34.8 Å². The van der Waals surface area contributed by atoms with Crippen LogP contribution >= 0.6 is 51.5 Å². The maximum Gasteiger partial charge on any atom is 0.175 e. The molecule has 0 spiro atoms. The average Bonchev–Trinajstić information content (AvgIpc) is 3.16. The van der Waals surface area contributed by atoms with E-state index in [4.69, 9.17) is 37.4 Å². The predicted molar refractivity (Wildman–Crippen MR) is 124 cm³/mol. The molecule has 1 unspecified atom stereocenters. The molecular formula is C21H25BrCl3NO3. The molecule has 1 atom stereocenters. The smallest absolute Gasteiger partial charge is 0.175 e. The van der Waals surface area contributed by atoms with Crippen LogP contribution in [0.2, 0.25) is 10.0 Å². The zero-order chi connectivity index (χ0) is 19.9. The molecule has 8 heteroatoms. The Morgan fingerprint density at radius 1 is 1.21 bits per heavy atom. The molecule has 1 fully saturated rings. The van der Waals surface area contributed by atoms with E-state index in [-0.39, 0.29) is 12.4 Å². The Bertz CT molecular complexity index is 801. The van der Waals surface area contributed by atoms with Crippen molar-refractivity contribution in [3.05, 3.63) is 56.0 Å². The molecule has 0 bridgehead atoms. The van der Waals surface area contributed by atoms with Crippen molar-refractivity contribution >= 4 is 51.5 Å².